The van der Waals surface area contributed by atoms with Crippen molar-refractivity contribution in [2.75, 3.05) is 32.7 Å². The SMILES string of the molecule is O=C(NCCCC(=O)N1CCN(Cc2csc(-c3ccccc3)n2)CC1)c1ccc(F)cc1F. The molecule has 0 atom stereocenters. The van der Waals surface area contributed by atoms with E-state index in [1.807, 2.05) is 23.1 Å². The third-order valence-electron chi connectivity index (χ3n) is 5.71. The summed E-state index contributed by atoms with van der Waals surface area (Å²) < 4.78 is 26.6. The van der Waals surface area contributed by atoms with Crippen LogP contribution in [0.15, 0.2) is 53.9 Å². The number of thiazole rings is 1. The lowest BCUT2D eigenvalue weighted by Gasteiger charge is -2.34. The van der Waals surface area contributed by atoms with E-state index in [0.717, 1.165) is 48.0 Å². The van der Waals surface area contributed by atoms with Gasteiger partial charge in [-0.1, -0.05) is 30.3 Å². The molecule has 9 heteroatoms. The van der Waals surface area contributed by atoms with E-state index in [2.05, 4.69) is 27.7 Å². The lowest BCUT2D eigenvalue weighted by molar-refractivity contribution is -0.133. The van der Waals surface area contributed by atoms with E-state index < -0.39 is 17.5 Å². The highest BCUT2D eigenvalue weighted by Gasteiger charge is 2.21. The van der Waals surface area contributed by atoms with Crippen LogP contribution in [0.5, 0.6) is 0 Å². The summed E-state index contributed by atoms with van der Waals surface area (Å²) in [7, 11) is 0. The van der Waals surface area contributed by atoms with Crippen LogP contribution in [0.4, 0.5) is 8.78 Å². The van der Waals surface area contributed by atoms with Crippen molar-refractivity contribution in [3.05, 3.63) is 76.8 Å². The molecule has 34 heavy (non-hydrogen) atoms. The molecule has 6 nitrogen and oxygen atoms in total. The number of hydrogen-bond acceptors (Lipinski definition) is 5. The van der Waals surface area contributed by atoms with Crippen LogP contribution in [0, 0.1) is 11.6 Å². The first-order valence-electron chi connectivity index (χ1n) is 11.2. The van der Waals surface area contributed by atoms with Gasteiger partial charge in [0.2, 0.25) is 5.91 Å². The molecule has 178 valence electrons. The van der Waals surface area contributed by atoms with Crippen molar-refractivity contribution in [3.8, 4) is 10.6 Å². The van der Waals surface area contributed by atoms with Crippen molar-refractivity contribution in [2.45, 2.75) is 19.4 Å². The predicted molar refractivity (Wildman–Crippen MR) is 127 cm³/mol. The zero-order valence-corrected chi connectivity index (χ0v) is 19.5. The molecule has 2 heterocycles. The van der Waals surface area contributed by atoms with Gasteiger partial charge in [-0.3, -0.25) is 14.5 Å². The Balaban J connectivity index is 1.16. The Morgan fingerprint density at radius 3 is 2.53 bits per heavy atom. The maximum Gasteiger partial charge on any atom is 0.254 e. The van der Waals surface area contributed by atoms with E-state index in [0.29, 0.717) is 32.0 Å². The molecule has 0 unspecified atom stereocenters. The first-order valence-corrected chi connectivity index (χ1v) is 12.1. The number of nitrogens with zero attached hydrogens (tertiary/aromatic N) is 3. The number of rotatable bonds is 8. The Hall–Kier alpha value is -3.17. The van der Waals surface area contributed by atoms with E-state index in [-0.39, 0.29) is 18.0 Å². The molecule has 0 radical (unpaired) electrons. The molecular formula is C25H26F2N4O2S. The number of amides is 2. The van der Waals surface area contributed by atoms with Gasteiger partial charge in [-0.2, -0.15) is 0 Å². The number of hydrogen-bond donors (Lipinski definition) is 1. The van der Waals surface area contributed by atoms with Crippen LogP contribution in [-0.4, -0.2) is 59.3 Å². The second-order valence-electron chi connectivity index (χ2n) is 8.15. The zero-order valence-electron chi connectivity index (χ0n) is 18.7. The zero-order chi connectivity index (χ0) is 23.9. The number of halogens is 2. The maximum atomic E-state index is 13.7. The molecule has 0 spiro atoms. The highest BCUT2D eigenvalue weighted by molar-refractivity contribution is 7.13. The lowest BCUT2D eigenvalue weighted by Crippen LogP contribution is -2.48. The second-order valence-corrected chi connectivity index (χ2v) is 9.01. The maximum absolute atomic E-state index is 13.7. The summed E-state index contributed by atoms with van der Waals surface area (Å²) in [5.74, 6) is -2.21. The summed E-state index contributed by atoms with van der Waals surface area (Å²) in [5.41, 5.74) is 1.95. The quantitative estimate of drug-likeness (QED) is 0.492. The average molecular weight is 485 g/mol. The van der Waals surface area contributed by atoms with Crippen molar-refractivity contribution in [1.29, 1.82) is 0 Å². The van der Waals surface area contributed by atoms with Crippen LogP contribution in [0.3, 0.4) is 0 Å². The molecule has 2 amide bonds. The van der Waals surface area contributed by atoms with E-state index in [1.165, 1.54) is 0 Å². The van der Waals surface area contributed by atoms with Gasteiger partial charge in [0.05, 0.1) is 11.3 Å². The van der Waals surface area contributed by atoms with Crippen LogP contribution < -0.4 is 5.32 Å². The fourth-order valence-corrected chi connectivity index (χ4v) is 4.66. The highest BCUT2D eigenvalue weighted by Crippen LogP contribution is 2.24. The fraction of sp³-hybridized carbons (Fsp3) is 0.320. The van der Waals surface area contributed by atoms with Crippen molar-refractivity contribution in [3.63, 3.8) is 0 Å². The van der Waals surface area contributed by atoms with Crippen molar-refractivity contribution >= 4 is 23.2 Å². The molecule has 0 bridgehead atoms. The molecule has 1 saturated heterocycles. The van der Waals surface area contributed by atoms with Crippen molar-refractivity contribution < 1.29 is 18.4 Å². The van der Waals surface area contributed by atoms with Gasteiger partial charge in [0, 0.05) is 62.7 Å². The first kappa shape index (κ1) is 24.0. The van der Waals surface area contributed by atoms with Gasteiger partial charge in [-0.25, -0.2) is 13.8 Å². The largest absolute Gasteiger partial charge is 0.352 e. The first-order chi connectivity index (χ1) is 16.5. The van der Waals surface area contributed by atoms with E-state index >= 15 is 0 Å². The fourth-order valence-electron chi connectivity index (χ4n) is 3.85. The average Bonchev–Trinajstić information content (AvgIpc) is 3.31. The Kier molecular flexibility index (Phi) is 7.97. The molecule has 1 aliphatic rings. The van der Waals surface area contributed by atoms with Gasteiger partial charge in [0.15, 0.2) is 0 Å². The standard InChI is InChI=1S/C25H26F2N4O2S/c26-19-8-9-21(22(27)15-19)24(33)28-10-4-7-23(32)31-13-11-30(12-14-31)16-20-17-34-25(29-20)18-5-2-1-3-6-18/h1-3,5-6,8-9,15,17H,4,7,10-14,16H2,(H,28,33). The Bertz CT molecular complexity index is 1130. The van der Waals surface area contributed by atoms with Gasteiger partial charge < -0.3 is 10.2 Å². The molecule has 2 aromatic carbocycles. The number of carbonyl (C=O) groups excluding carboxylic acids is 2. The summed E-state index contributed by atoms with van der Waals surface area (Å²) in [4.78, 5) is 33.4. The Labute approximate surface area is 201 Å². The van der Waals surface area contributed by atoms with E-state index in [9.17, 15) is 18.4 Å². The Morgan fingerprint density at radius 2 is 1.79 bits per heavy atom. The van der Waals surface area contributed by atoms with Crippen LogP contribution in [0.2, 0.25) is 0 Å². The smallest absolute Gasteiger partial charge is 0.254 e. The molecule has 1 fully saturated rings. The van der Waals surface area contributed by atoms with Gasteiger partial charge >= 0.3 is 0 Å². The molecule has 3 aromatic rings. The predicted octanol–water partition coefficient (Wildman–Crippen LogP) is 3.94. The molecule has 4 rings (SSSR count). The third kappa shape index (κ3) is 6.24. The summed E-state index contributed by atoms with van der Waals surface area (Å²) >= 11 is 1.64. The number of aromatic nitrogens is 1. The van der Waals surface area contributed by atoms with Gasteiger partial charge in [-0.05, 0) is 18.6 Å². The number of nitrogens with one attached hydrogen (secondary N) is 1. The van der Waals surface area contributed by atoms with Gasteiger partial charge in [0.1, 0.15) is 16.6 Å². The summed E-state index contributed by atoms with van der Waals surface area (Å²) in [6.45, 7) is 3.88. The minimum absolute atomic E-state index is 0.0434. The molecule has 0 saturated carbocycles. The lowest BCUT2D eigenvalue weighted by atomic mass is 10.2. The van der Waals surface area contributed by atoms with Crippen LogP contribution in [0.25, 0.3) is 10.6 Å². The topological polar surface area (TPSA) is 65.5 Å². The van der Waals surface area contributed by atoms with Crippen LogP contribution >= 0.6 is 11.3 Å². The number of benzene rings is 2. The number of piperazine rings is 1. The highest BCUT2D eigenvalue weighted by atomic mass is 32.1. The second kappa shape index (κ2) is 11.3. The monoisotopic (exact) mass is 484 g/mol. The van der Waals surface area contributed by atoms with Gasteiger partial charge in [-0.15, -0.1) is 11.3 Å². The van der Waals surface area contributed by atoms with E-state index in [4.69, 9.17) is 4.98 Å². The minimum Gasteiger partial charge on any atom is -0.352 e. The van der Waals surface area contributed by atoms with Crippen LogP contribution in [0.1, 0.15) is 28.9 Å². The van der Waals surface area contributed by atoms with Crippen LogP contribution in [-0.2, 0) is 11.3 Å². The molecule has 1 aliphatic heterocycles. The molecule has 1 N–H and O–H groups in total. The summed E-state index contributed by atoms with van der Waals surface area (Å²) in [6.07, 6.45) is 0.757. The van der Waals surface area contributed by atoms with Crippen molar-refractivity contribution in [1.82, 2.24) is 20.1 Å². The van der Waals surface area contributed by atoms with E-state index in [1.54, 1.807) is 11.3 Å². The molecule has 0 aliphatic carbocycles. The number of carbonyl (C=O) groups is 2. The van der Waals surface area contributed by atoms with Crippen molar-refractivity contribution in [2.24, 2.45) is 0 Å². The molecular weight excluding hydrogens is 458 g/mol. The van der Waals surface area contributed by atoms with Gasteiger partial charge in [0.25, 0.3) is 5.91 Å². The Morgan fingerprint density at radius 1 is 1.03 bits per heavy atom. The normalized spacial score (nSPS) is 14.2. The molecule has 1 aromatic heterocycles. The summed E-state index contributed by atoms with van der Waals surface area (Å²) in [6, 6.07) is 12.9. The third-order valence-corrected chi connectivity index (χ3v) is 6.65. The summed E-state index contributed by atoms with van der Waals surface area (Å²) in [5, 5.41) is 5.68. The minimum atomic E-state index is -0.902.